The molecule has 0 saturated carbocycles. The number of carbonyl (C=O) groups excluding carboxylic acids is 1. The number of anilines is 2. The van der Waals surface area contributed by atoms with Gasteiger partial charge in [-0.05, 0) is 6.92 Å². The van der Waals surface area contributed by atoms with E-state index in [2.05, 4.69) is 41.4 Å². The molecule has 7 nitrogen and oxygen atoms in total. The first kappa shape index (κ1) is 15.5. The Balaban J connectivity index is 2.43. The van der Waals surface area contributed by atoms with Crippen LogP contribution in [0, 0.1) is 6.92 Å². The van der Waals surface area contributed by atoms with Crippen LogP contribution in [0.2, 0.25) is 0 Å². The largest absolute Gasteiger partial charge is 0.354 e. The molecule has 4 N–H and O–H groups in total. The van der Waals surface area contributed by atoms with Crippen LogP contribution in [0.1, 0.15) is 38.6 Å². The SMILES string of the molecule is Cc1c(NN)nc(C(C)(C)C)nc1N1CCNC(=O)CC1. The van der Waals surface area contributed by atoms with E-state index in [1.807, 2.05) is 6.92 Å². The highest BCUT2D eigenvalue weighted by molar-refractivity contribution is 5.77. The standard InChI is InChI=1S/C14H24N6O/c1-9-11(19-15)17-13(14(2,3)4)18-12(9)20-7-5-10(21)16-6-8-20/h5-8,15H2,1-4H3,(H,16,21)(H,17,18,19). The van der Waals surface area contributed by atoms with Crippen molar-refractivity contribution < 1.29 is 4.79 Å². The molecule has 0 radical (unpaired) electrons. The highest BCUT2D eigenvalue weighted by atomic mass is 16.1. The van der Waals surface area contributed by atoms with E-state index in [1.54, 1.807) is 0 Å². The lowest BCUT2D eigenvalue weighted by atomic mass is 9.95. The third kappa shape index (κ3) is 3.41. The minimum absolute atomic E-state index is 0.0810. The molecule has 1 saturated heterocycles. The van der Waals surface area contributed by atoms with E-state index in [0.29, 0.717) is 25.3 Å². The summed E-state index contributed by atoms with van der Waals surface area (Å²) in [4.78, 5) is 22.8. The molecule has 2 rings (SSSR count). The Morgan fingerprint density at radius 2 is 2.00 bits per heavy atom. The second-order valence-electron chi connectivity index (χ2n) is 6.33. The molecule has 2 heterocycles. The van der Waals surface area contributed by atoms with E-state index in [-0.39, 0.29) is 11.3 Å². The van der Waals surface area contributed by atoms with Gasteiger partial charge in [0.2, 0.25) is 5.91 Å². The minimum atomic E-state index is -0.173. The molecule has 1 aromatic rings. The van der Waals surface area contributed by atoms with Gasteiger partial charge in [-0.3, -0.25) is 4.79 Å². The van der Waals surface area contributed by atoms with Gasteiger partial charge < -0.3 is 15.6 Å². The smallest absolute Gasteiger partial charge is 0.221 e. The predicted octanol–water partition coefficient (Wildman–Crippen LogP) is 0.694. The van der Waals surface area contributed by atoms with Crippen LogP contribution < -0.4 is 21.5 Å². The second-order valence-corrected chi connectivity index (χ2v) is 6.33. The Hall–Kier alpha value is -1.89. The Kier molecular flexibility index (Phi) is 4.32. The lowest BCUT2D eigenvalue weighted by Crippen LogP contribution is -2.31. The number of hydrazine groups is 1. The molecule has 0 unspecified atom stereocenters. The summed E-state index contributed by atoms with van der Waals surface area (Å²) in [5, 5.41) is 2.87. The molecule has 0 aliphatic carbocycles. The topological polar surface area (TPSA) is 96.2 Å². The van der Waals surface area contributed by atoms with Gasteiger partial charge in [-0.1, -0.05) is 20.8 Å². The normalized spacial score (nSPS) is 16.4. The maximum Gasteiger partial charge on any atom is 0.221 e. The quantitative estimate of drug-likeness (QED) is 0.548. The summed E-state index contributed by atoms with van der Waals surface area (Å²) in [6.07, 6.45) is 0.472. The Morgan fingerprint density at radius 3 is 2.62 bits per heavy atom. The molecule has 1 aliphatic heterocycles. The third-order valence-electron chi connectivity index (χ3n) is 3.54. The summed E-state index contributed by atoms with van der Waals surface area (Å²) in [6.45, 7) is 10.1. The van der Waals surface area contributed by atoms with Crippen molar-refractivity contribution in [2.75, 3.05) is 30.0 Å². The molecule has 0 atom stereocenters. The number of hydrogen-bond donors (Lipinski definition) is 3. The maximum atomic E-state index is 11.5. The summed E-state index contributed by atoms with van der Waals surface area (Å²) in [6, 6.07) is 0. The maximum absolute atomic E-state index is 11.5. The van der Waals surface area contributed by atoms with Gasteiger partial charge in [-0.2, -0.15) is 0 Å². The molecule has 116 valence electrons. The van der Waals surface area contributed by atoms with Crippen LogP contribution in [0.4, 0.5) is 11.6 Å². The van der Waals surface area contributed by atoms with Crippen molar-refractivity contribution in [3.63, 3.8) is 0 Å². The Labute approximate surface area is 125 Å². The summed E-state index contributed by atoms with van der Waals surface area (Å²) < 4.78 is 0. The highest BCUT2D eigenvalue weighted by Gasteiger charge is 2.24. The molecule has 1 aromatic heterocycles. The molecular weight excluding hydrogens is 268 g/mol. The molecule has 0 bridgehead atoms. The fraction of sp³-hybridized carbons (Fsp3) is 0.643. The molecule has 1 fully saturated rings. The van der Waals surface area contributed by atoms with E-state index >= 15 is 0 Å². The molecule has 1 amide bonds. The number of nitrogens with one attached hydrogen (secondary N) is 2. The lowest BCUT2D eigenvalue weighted by molar-refractivity contribution is -0.120. The lowest BCUT2D eigenvalue weighted by Gasteiger charge is -2.26. The molecular formula is C14H24N6O. The zero-order valence-electron chi connectivity index (χ0n) is 13.2. The average molecular weight is 292 g/mol. The molecule has 21 heavy (non-hydrogen) atoms. The van der Waals surface area contributed by atoms with Crippen LogP contribution in [0.5, 0.6) is 0 Å². The Morgan fingerprint density at radius 1 is 1.29 bits per heavy atom. The molecule has 7 heteroatoms. The van der Waals surface area contributed by atoms with Crippen LogP contribution in [0.25, 0.3) is 0 Å². The van der Waals surface area contributed by atoms with Gasteiger partial charge in [0.1, 0.15) is 17.5 Å². The van der Waals surface area contributed by atoms with Gasteiger partial charge in [0.05, 0.1) is 0 Å². The first-order valence-corrected chi connectivity index (χ1v) is 7.20. The van der Waals surface area contributed by atoms with Crippen LogP contribution in [0.15, 0.2) is 0 Å². The van der Waals surface area contributed by atoms with Crippen molar-refractivity contribution >= 4 is 17.5 Å². The first-order valence-electron chi connectivity index (χ1n) is 7.20. The van der Waals surface area contributed by atoms with Crippen molar-refractivity contribution in [1.29, 1.82) is 0 Å². The fourth-order valence-electron chi connectivity index (χ4n) is 2.27. The van der Waals surface area contributed by atoms with Gasteiger partial charge >= 0.3 is 0 Å². The Bertz CT molecular complexity index is 537. The van der Waals surface area contributed by atoms with Crippen LogP contribution in [-0.2, 0) is 10.2 Å². The number of nitrogens with two attached hydrogens (primary N) is 1. The van der Waals surface area contributed by atoms with Gasteiger partial charge in [-0.15, -0.1) is 0 Å². The fourth-order valence-corrected chi connectivity index (χ4v) is 2.27. The van der Waals surface area contributed by atoms with Crippen molar-refractivity contribution in [3.05, 3.63) is 11.4 Å². The summed E-state index contributed by atoms with van der Waals surface area (Å²) in [5.41, 5.74) is 3.38. The van der Waals surface area contributed by atoms with Gasteiger partial charge in [0.15, 0.2) is 0 Å². The van der Waals surface area contributed by atoms with Crippen molar-refractivity contribution in [2.45, 2.75) is 39.5 Å². The summed E-state index contributed by atoms with van der Waals surface area (Å²) in [5.74, 6) is 7.89. The molecule has 1 aliphatic rings. The summed E-state index contributed by atoms with van der Waals surface area (Å²) in [7, 11) is 0. The van der Waals surface area contributed by atoms with Crippen molar-refractivity contribution in [2.24, 2.45) is 5.84 Å². The van der Waals surface area contributed by atoms with E-state index in [1.165, 1.54) is 0 Å². The molecule has 0 aromatic carbocycles. The van der Waals surface area contributed by atoms with Crippen LogP contribution in [-0.4, -0.2) is 35.5 Å². The van der Waals surface area contributed by atoms with Gasteiger partial charge in [0.25, 0.3) is 0 Å². The summed E-state index contributed by atoms with van der Waals surface area (Å²) >= 11 is 0. The highest BCUT2D eigenvalue weighted by Crippen LogP contribution is 2.28. The van der Waals surface area contributed by atoms with Crippen LogP contribution >= 0.6 is 0 Å². The van der Waals surface area contributed by atoms with Gasteiger partial charge in [0, 0.05) is 37.0 Å². The van der Waals surface area contributed by atoms with E-state index in [0.717, 1.165) is 23.8 Å². The van der Waals surface area contributed by atoms with Crippen LogP contribution in [0.3, 0.4) is 0 Å². The monoisotopic (exact) mass is 292 g/mol. The van der Waals surface area contributed by atoms with Crippen molar-refractivity contribution in [3.8, 4) is 0 Å². The van der Waals surface area contributed by atoms with Crippen molar-refractivity contribution in [1.82, 2.24) is 15.3 Å². The number of rotatable bonds is 2. The predicted molar refractivity (Wildman–Crippen MR) is 83.1 cm³/mol. The first-order chi connectivity index (χ1) is 9.82. The number of nitrogens with zero attached hydrogens (tertiary/aromatic N) is 3. The van der Waals surface area contributed by atoms with E-state index in [9.17, 15) is 4.79 Å². The third-order valence-corrected chi connectivity index (χ3v) is 3.54. The average Bonchev–Trinajstić information content (AvgIpc) is 2.62. The van der Waals surface area contributed by atoms with E-state index < -0.39 is 0 Å². The van der Waals surface area contributed by atoms with Gasteiger partial charge in [-0.25, -0.2) is 15.8 Å². The minimum Gasteiger partial charge on any atom is -0.354 e. The second kappa shape index (κ2) is 5.85. The number of amides is 1. The van der Waals surface area contributed by atoms with E-state index in [4.69, 9.17) is 10.8 Å². The number of aromatic nitrogens is 2. The zero-order chi connectivity index (χ0) is 15.6. The number of nitrogen functional groups attached to an aromatic ring is 1. The number of hydrogen-bond acceptors (Lipinski definition) is 6. The molecule has 0 spiro atoms. The zero-order valence-corrected chi connectivity index (χ0v) is 13.2. The number of carbonyl (C=O) groups is 1.